The van der Waals surface area contributed by atoms with Gasteiger partial charge in [-0.15, -0.1) is 0 Å². The second-order valence-electron chi connectivity index (χ2n) is 6.54. The highest BCUT2D eigenvalue weighted by Crippen LogP contribution is 2.52. The number of nitrogens with one attached hydrogen (secondary N) is 1. The smallest absolute Gasteiger partial charge is 0.203 e. The van der Waals surface area contributed by atoms with Crippen molar-refractivity contribution < 1.29 is 0 Å². The van der Waals surface area contributed by atoms with Crippen LogP contribution in [0, 0.1) is 17.8 Å². The van der Waals surface area contributed by atoms with Crippen molar-refractivity contribution in [2.24, 2.45) is 17.8 Å². The molecule has 2 fully saturated rings. The Bertz CT molecular complexity index is 410. The minimum absolute atomic E-state index is 0.443. The Labute approximate surface area is 110 Å². The van der Waals surface area contributed by atoms with Crippen LogP contribution in [0.15, 0.2) is 12.4 Å². The van der Waals surface area contributed by atoms with Crippen LogP contribution >= 0.6 is 0 Å². The van der Waals surface area contributed by atoms with Crippen molar-refractivity contribution >= 4 is 5.95 Å². The molecular weight excluding hydrogens is 222 g/mol. The van der Waals surface area contributed by atoms with Crippen LogP contribution in [0.25, 0.3) is 0 Å². The van der Waals surface area contributed by atoms with Crippen LogP contribution in [0.4, 0.5) is 5.95 Å². The maximum atomic E-state index is 4.46. The Balaban J connectivity index is 1.76. The maximum Gasteiger partial charge on any atom is 0.203 e. The number of rotatable bonds is 4. The van der Waals surface area contributed by atoms with Gasteiger partial charge in [-0.2, -0.15) is 0 Å². The number of hydrogen-bond donors (Lipinski definition) is 1. The molecule has 3 nitrogen and oxygen atoms in total. The summed E-state index contributed by atoms with van der Waals surface area (Å²) < 4.78 is 2.35. The molecule has 2 bridgehead atoms. The number of aromatic nitrogens is 2. The fraction of sp³-hybridized carbons (Fsp3) is 0.800. The maximum absolute atomic E-state index is 4.46. The van der Waals surface area contributed by atoms with Crippen LogP contribution in [0.5, 0.6) is 0 Å². The Hall–Kier alpha value is -0.990. The normalized spacial score (nSPS) is 32.1. The van der Waals surface area contributed by atoms with Gasteiger partial charge in [0.05, 0.1) is 0 Å². The third-order valence-electron chi connectivity index (χ3n) is 4.94. The van der Waals surface area contributed by atoms with Crippen molar-refractivity contribution in [2.45, 2.75) is 58.5 Å². The van der Waals surface area contributed by atoms with Crippen LogP contribution in [0.2, 0.25) is 0 Å². The fourth-order valence-electron chi connectivity index (χ4n) is 4.10. The summed E-state index contributed by atoms with van der Waals surface area (Å²) in [5.41, 5.74) is 0. The highest BCUT2D eigenvalue weighted by atomic mass is 15.2. The van der Waals surface area contributed by atoms with E-state index < -0.39 is 0 Å². The van der Waals surface area contributed by atoms with Gasteiger partial charge in [0.2, 0.25) is 5.95 Å². The summed E-state index contributed by atoms with van der Waals surface area (Å²) in [6.07, 6.45) is 9.92. The summed E-state index contributed by atoms with van der Waals surface area (Å²) in [6, 6.07) is 1.03. The monoisotopic (exact) mass is 247 g/mol. The first kappa shape index (κ1) is 12.1. The number of nitrogens with zero attached hydrogens (tertiary/aromatic N) is 2. The number of anilines is 1. The zero-order valence-corrected chi connectivity index (χ0v) is 11.8. The molecule has 3 rings (SSSR count). The SMILES string of the molecule is CC(C)Nc1nccn1C(C)C1CC2CCC1C2. The predicted octanol–water partition coefficient (Wildman–Crippen LogP) is 3.70. The second-order valence-corrected chi connectivity index (χ2v) is 6.54. The Morgan fingerprint density at radius 3 is 2.72 bits per heavy atom. The molecule has 4 unspecified atom stereocenters. The summed E-state index contributed by atoms with van der Waals surface area (Å²) in [5, 5.41) is 3.45. The van der Waals surface area contributed by atoms with Gasteiger partial charge in [-0.3, -0.25) is 0 Å². The van der Waals surface area contributed by atoms with E-state index in [0.29, 0.717) is 12.1 Å². The van der Waals surface area contributed by atoms with Gasteiger partial charge in [0.15, 0.2) is 0 Å². The van der Waals surface area contributed by atoms with Crippen molar-refractivity contribution in [1.82, 2.24) is 9.55 Å². The third-order valence-corrected chi connectivity index (χ3v) is 4.94. The summed E-state index contributed by atoms with van der Waals surface area (Å²) in [7, 11) is 0. The van der Waals surface area contributed by atoms with Crippen molar-refractivity contribution in [2.75, 3.05) is 5.32 Å². The molecule has 2 aliphatic carbocycles. The zero-order valence-electron chi connectivity index (χ0n) is 11.8. The summed E-state index contributed by atoms with van der Waals surface area (Å²) in [5.74, 6) is 3.90. The standard InChI is InChI=1S/C15H25N3/c1-10(2)17-15-16-6-7-18(15)11(3)14-9-12-4-5-13(14)8-12/h6-7,10-14H,4-5,8-9H2,1-3H3,(H,16,17). The topological polar surface area (TPSA) is 29.9 Å². The van der Waals surface area contributed by atoms with Crippen LogP contribution in [-0.2, 0) is 0 Å². The van der Waals surface area contributed by atoms with E-state index in [1.165, 1.54) is 25.7 Å². The molecule has 100 valence electrons. The van der Waals surface area contributed by atoms with Gasteiger partial charge in [-0.25, -0.2) is 4.98 Å². The first-order valence-electron chi connectivity index (χ1n) is 7.44. The summed E-state index contributed by atoms with van der Waals surface area (Å²) >= 11 is 0. The molecule has 1 aromatic rings. The highest BCUT2D eigenvalue weighted by Gasteiger charge is 2.42. The van der Waals surface area contributed by atoms with Crippen LogP contribution < -0.4 is 5.32 Å². The lowest BCUT2D eigenvalue weighted by Gasteiger charge is -2.30. The molecule has 18 heavy (non-hydrogen) atoms. The molecule has 0 saturated heterocycles. The highest BCUT2D eigenvalue weighted by molar-refractivity contribution is 5.28. The van der Waals surface area contributed by atoms with E-state index in [0.717, 1.165) is 23.7 Å². The van der Waals surface area contributed by atoms with E-state index >= 15 is 0 Å². The number of hydrogen-bond acceptors (Lipinski definition) is 2. The molecule has 0 radical (unpaired) electrons. The van der Waals surface area contributed by atoms with Crippen LogP contribution in [0.3, 0.4) is 0 Å². The van der Waals surface area contributed by atoms with Gasteiger partial charge in [-0.1, -0.05) is 6.42 Å². The molecule has 2 saturated carbocycles. The Morgan fingerprint density at radius 2 is 2.11 bits per heavy atom. The van der Waals surface area contributed by atoms with E-state index in [-0.39, 0.29) is 0 Å². The average molecular weight is 247 g/mol. The predicted molar refractivity (Wildman–Crippen MR) is 74.6 cm³/mol. The lowest BCUT2D eigenvalue weighted by atomic mass is 9.84. The molecule has 0 aromatic carbocycles. The Morgan fingerprint density at radius 1 is 1.28 bits per heavy atom. The van der Waals surface area contributed by atoms with Gasteiger partial charge in [-0.05, 0) is 57.8 Å². The van der Waals surface area contributed by atoms with Gasteiger partial charge in [0, 0.05) is 24.5 Å². The number of fused-ring (bicyclic) bond motifs is 2. The largest absolute Gasteiger partial charge is 0.353 e. The molecule has 1 aromatic heterocycles. The van der Waals surface area contributed by atoms with Gasteiger partial charge in [0.1, 0.15) is 0 Å². The molecule has 0 aliphatic heterocycles. The van der Waals surface area contributed by atoms with E-state index in [2.05, 4.69) is 41.8 Å². The molecule has 0 amide bonds. The van der Waals surface area contributed by atoms with Crippen LogP contribution in [-0.4, -0.2) is 15.6 Å². The van der Waals surface area contributed by atoms with Gasteiger partial charge >= 0.3 is 0 Å². The first-order valence-corrected chi connectivity index (χ1v) is 7.44. The molecule has 4 atom stereocenters. The minimum atomic E-state index is 0.443. The van der Waals surface area contributed by atoms with Crippen molar-refractivity contribution in [3.05, 3.63) is 12.4 Å². The lowest BCUT2D eigenvalue weighted by Crippen LogP contribution is -2.24. The molecular formula is C15H25N3. The molecule has 3 heteroatoms. The average Bonchev–Trinajstić information content (AvgIpc) is 3.01. The zero-order chi connectivity index (χ0) is 12.7. The Kier molecular flexibility index (Phi) is 3.08. The third kappa shape index (κ3) is 2.04. The van der Waals surface area contributed by atoms with Crippen LogP contribution in [0.1, 0.15) is 52.5 Å². The first-order chi connectivity index (χ1) is 8.65. The van der Waals surface area contributed by atoms with E-state index in [1.54, 1.807) is 0 Å². The van der Waals surface area contributed by atoms with Crippen molar-refractivity contribution in [1.29, 1.82) is 0 Å². The van der Waals surface area contributed by atoms with Gasteiger partial charge in [0.25, 0.3) is 0 Å². The van der Waals surface area contributed by atoms with E-state index in [4.69, 9.17) is 0 Å². The molecule has 2 aliphatic rings. The molecule has 1 heterocycles. The summed E-state index contributed by atoms with van der Waals surface area (Å²) in [6.45, 7) is 6.71. The molecule has 0 spiro atoms. The van der Waals surface area contributed by atoms with Crippen molar-refractivity contribution in [3.63, 3.8) is 0 Å². The number of imidazole rings is 1. The lowest BCUT2D eigenvalue weighted by molar-refractivity contribution is 0.244. The minimum Gasteiger partial charge on any atom is -0.353 e. The van der Waals surface area contributed by atoms with Gasteiger partial charge < -0.3 is 9.88 Å². The van der Waals surface area contributed by atoms with Crippen molar-refractivity contribution in [3.8, 4) is 0 Å². The second kappa shape index (κ2) is 4.60. The molecule has 1 N–H and O–H groups in total. The summed E-state index contributed by atoms with van der Waals surface area (Å²) in [4.78, 5) is 4.46. The quantitative estimate of drug-likeness (QED) is 0.879. The van der Waals surface area contributed by atoms with E-state index in [9.17, 15) is 0 Å². The van der Waals surface area contributed by atoms with E-state index in [1.807, 2.05) is 6.20 Å². The fourth-order valence-corrected chi connectivity index (χ4v) is 4.10.